The highest BCUT2D eigenvalue weighted by Gasteiger charge is 2.16. The second-order valence-corrected chi connectivity index (χ2v) is 4.87. The van der Waals surface area contributed by atoms with Crippen molar-refractivity contribution < 1.29 is 0 Å². The van der Waals surface area contributed by atoms with Gasteiger partial charge < -0.3 is 21.3 Å². The second kappa shape index (κ2) is 5.97. The van der Waals surface area contributed by atoms with Gasteiger partial charge in [0.25, 0.3) is 0 Å². The number of hydrogen-bond acceptors (Lipinski definition) is 6. The number of hydrogen-bond donors (Lipinski definition) is 3. The molecule has 0 spiro atoms. The van der Waals surface area contributed by atoms with Gasteiger partial charge in [0, 0.05) is 31.6 Å². The topological polar surface area (TPSA) is 79.1 Å². The van der Waals surface area contributed by atoms with Gasteiger partial charge in [-0.15, -0.1) is 0 Å². The molecule has 0 saturated carbocycles. The van der Waals surface area contributed by atoms with E-state index in [1.807, 2.05) is 0 Å². The third kappa shape index (κ3) is 3.30. The summed E-state index contributed by atoms with van der Waals surface area (Å²) < 4.78 is 0. The van der Waals surface area contributed by atoms with Gasteiger partial charge in [-0.3, -0.25) is 0 Å². The third-order valence-electron chi connectivity index (χ3n) is 3.02. The molecule has 0 aromatic carbocycles. The molecule has 0 amide bonds. The van der Waals surface area contributed by atoms with Gasteiger partial charge in [0.15, 0.2) is 0 Å². The van der Waals surface area contributed by atoms with Gasteiger partial charge >= 0.3 is 0 Å². The number of nitrogens with two attached hydrogens (primary N) is 1. The van der Waals surface area contributed by atoms with Crippen molar-refractivity contribution in [3.63, 3.8) is 0 Å². The van der Waals surface area contributed by atoms with Crippen molar-refractivity contribution in [2.24, 2.45) is 0 Å². The van der Waals surface area contributed by atoms with E-state index in [9.17, 15) is 0 Å². The molecule has 2 rings (SSSR count). The molecule has 4 N–H and O–H groups in total. The highest BCUT2D eigenvalue weighted by atomic mass is 15.1. The smallest absolute Gasteiger partial charge is 0.222 e. The minimum absolute atomic E-state index is 0.366. The average molecular weight is 250 g/mol. The van der Waals surface area contributed by atoms with Crippen molar-refractivity contribution in [1.29, 1.82) is 0 Å². The lowest BCUT2D eigenvalue weighted by Gasteiger charge is -2.20. The van der Waals surface area contributed by atoms with Crippen molar-refractivity contribution in [2.75, 3.05) is 44.8 Å². The lowest BCUT2D eigenvalue weighted by Crippen LogP contribution is -2.27. The molecule has 0 radical (unpaired) electrons. The molecular weight excluding hydrogens is 228 g/mol. The van der Waals surface area contributed by atoms with Crippen molar-refractivity contribution in [1.82, 2.24) is 20.2 Å². The second-order valence-electron chi connectivity index (χ2n) is 4.87. The molecule has 0 saturated heterocycles. The summed E-state index contributed by atoms with van der Waals surface area (Å²) in [5, 5.41) is 6.71. The summed E-state index contributed by atoms with van der Waals surface area (Å²) in [6.07, 6.45) is 2.01. The zero-order valence-electron chi connectivity index (χ0n) is 11.2. The predicted molar refractivity (Wildman–Crippen MR) is 73.5 cm³/mol. The van der Waals surface area contributed by atoms with Crippen LogP contribution >= 0.6 is 0 Å². The predicted octanol–water partition coefficient (Wildman–Crippen LogP) is 0.0681. The Kier molecular flexibility index (Phi) is 4.33. The van der Waals surface area contributed by atoms with E-state index in [-0.39, 0.29) is 0 Å². The van der Waals surface area contributed by atoms with E-state index in [1.54, 1.807) is 0 Å². The van der Waals surface area contributed by atoms with E-state index in [1.165, 1.54) is 5.56 Å². The first-order valence-electron chi connectivity index (χ1n) is 6.41. The molecule has 2 heterocycles. The summed E-state index contributed by atoms with van der Waals surface area (Å²) in [6, 6.07) is 0. The zero-order chi connectivity index (χ0) is 13.0. The molecule has 0 fully saturated rings. The minimum atomic E-state index is 0.366. The van der Waals surface area contributed by atoms with Crippen LogP contribution in [0.15, 0.2) is 0 Å². The first kappa shape index (κ1) is 13.0. The Morgan fingerprint density at radius 1 is 1.39 bits per heavy atom. The molecule has 18 heavy (non-hydrogen) atoms. The van der Waals surface area contributed by atoms with Crippen molar-refractivity contribution >= 4 is 11.8 Å². The standard InChI is InChI=1S/C12H22N6/c1-18(2)7-3-5-15-11-9-8-14-6-4-10(9)16-12(13)17-11/h14H,3-8H2,1-2H3,(H3,13,15,16,17). The fourth-order valence-electron chi connectivity index (χ4n) is 2.11. The minimum Gasteiger partial charge on any atom is -0.370 e. The van der Waals surface area contributed by atoms with Gasteiger partial charge in [0.2, 0.25) is 5.95 Å². The van der Waals surface area contributed by atoms with Crippen LogP contribution in [0.2, 0.25) is 0 Å². The van der Waals surface area contributed by atoms with Crippen LogP contribution in [0, 0.1) is 0 Å². The highest BCUT2D eigenvalue weighted by Crippen LogP contribution is 2.20. The molecule has 0 atom stereocenters. The van der Waals surface area contributed by atoms with Crippen LogP contribution in [-0.4, -0.2) is 48.6 Å². The van der Waals surface area contributed by atoms with E-state index in [0.29, 0.717) is 5.95 Å². The van der Waals surface area contributed by atoms with E-state index in [4.69, 9.17) is 5.73 Å². The fourth-order valence-corrected chi connectivity index (χ4v) is 2.11. The van der Waals surface area contributed by atoms with Gasteiger partial charge in [-0.05, 0) is 27.1 Å². The molecule has 1 aliphatic heterocycles. The van der Waals surface area contributed by atoms with Crippen molar-refractivity contribution in [3.05, 3.63) is 11.3 Å². The summed E-state index contributed by atoms with van der Waals surface area (Å²) in [4.78, 5) is 10.8. The normalized spacial score (nSPS) is 14.6. The zero-order valence-corrected chi connectivity index (χ0v) is 11.2. The molecular formula is C12H22N6. The van der Waals surface area contributed by atoms with Crippen molar-refractivity contribution in [3.8, 4) is 0 Å². The first-order valence-corrected chi connectivity index (χ1v) is 6.41. The Labute approximate surface area is 108 Å². The van der Waals surface area contributed by atoms with Crippen LogP contribution in [0.1, 0.15) is 17.7 Å². The number of nitrogen functional groups attached to an aromatic ring is 1. The van der Waals surface area contributed by atoms with E-state index in [0.717, 1.165) is 50.5 Å². The maximum Gasteiger partial charge on any atom is 0.222 e. The van der Waals surface area contributed by atoms with Crippen LogP contribution < -0.4 is 16.4 Å². The summed E-state index contributed by atoms with van der Waals surface area (Å²) in [6.45, 7) is 3.75. The molecule has 1 aromatic rings. The number of anilines is 2. The summed E-state index contributed by atoms with van der Waals surface area (Å²) in [5.41, 5.74) is 7.99. The molecule has 100 valence electrons. The van der Waals surface area contributed by atoms with E-state index in [2.05, 4.69) is 39.6 Å². The van der Waals surface area contributed by atoms with Crippen LogP contribution in [-0.2, 0) is 13.0 Å². The maximum atomic E-state index is 5.74. The van der Waals surface area contributed by atoms with E-state index >= 15 is 0 Å². The van der Waals surface area contributed by atoms with Crippen LogP contribution in [0.3, 0.4) is 0 Å². The quantitative estimate of drug-likeness (QED) is 0.642. The number of rotatable bonds is 5. The first-order chi connectivity index (χ1) is 8.66. The lowest BCUT2D eigenvalue weighted by molar-refractivity contribution is 0.405. The van der Waals surface area contributed by atoms with Gasteiger partial charge in [-0.2, -0.15) is 4.98 Å². The Morgan fingerprint density at radius 2 is 2.22 bits per heavy atom. The van der Waals surface area contributed by atoms with Gasteiger partial charge in [0.1, 0.15) is 5.82 Å². The van der Waals surface area contributed by atoms with Crippen LogP contribution in [0.4, 0.5) is 11.8 Å². The Morgan fingerprint density at radius 3 is 3.00 bits per heavy atom. The Balaban J connectivity index is 2.00. The Bertz CT molecular complexity index is 404. The molecule has 6 nitrogen and oxygen atoms in total. The molecule has 1 aliphatic rings. The summed E-state index contributed by atoms with van der Waals surface area (Å²) >= 11 is 0. The average Bonchev–Trinajstić information content (AvgIpc) is 2.34. The summed E-state index contributed by atoms with van der Waals surface area (Å²) in [7, 11) is 4.16. The van der Waals surface area contributed by atoms with Crippen LogP contribution in [0.25, 0.3) is 0 Å². The maximum absolute atomic E-state index is 5.74. The molecule has 0 unspecified atom stereocenters. The van der Waals surface area contributed by atoms with E-state index < -0.39 is 0 Å². The van der Waals surface area contributed by atoms with Gasteiger partial charge in [-0.1, -0.05) is 0 Å². The SMILES string of the molecule is CN(C)CCCNc1nc(N)nc2c1CNCC2. The van der Waals surface area contributed by atoms with Gasteiger partial charge in [-0.25, -0.2) is 4.98 Å². The third-order valence-corrected chi connectivity index (χ3v) is 3.02. The lowest BCUT2D eigenvalue weighted by atomic mass is 10.1. The molecule has 0 aliphatic carbocycles. The van der Waals surface area contributed by atoms with Crippen molar-refractivity contribution in [2.45, 2.75) is 19.4 Å². The molecule has 0 bridgehead atoms. The number of nitrogens with one attached hydrogen (secondary N) is 2. The summed E-state index contributed by atoms with van der Waals surface area (Å²) in [5.74, 6) is 1.26. The number of fused-ring (bicyclic) bond motifs is 1. The van der Waals surface area contributed by atoms with Gasteiger partial charge in [0.05, 0.1) is 5.69 Å². The number of nitrogens with zero attached hydrogens (tertiary/aromatic N) is 3. The highest BCUT2D eigenvalue weighted by molar-refractivity contribution is 5.50. The number of aromatic nitrogens is 2. The van der Waals surface area contributed by atoms with Crippen LogP contribution in [0.5, 0.6) is 0 Å². The molecule has 1 aromatic heterocycles. The Hall–Kier alpha value is -1.40. The monoisotopic (exact) mass is 250 g/mol. The fraction of sp³-hybridized carbons (Fsp3) is 0.667. The molecule has 6 heteroatoms. The largest absolute Gasteiger partial charge is 0.370 e.